The third-order valence-electron chi connectivity index (χ3n) is 6.85. The van der Waals surface area contributed by atoms with Gasteiger partial charge in [-0.25, -0.2) is 4.79 Å². The van der Waals surface area contributed by atoms with Gasteiger partial charge in [-0.2, -0.15) is 0 Å². The second kappa shape index (κ2) is 7.19. The molecule has 2 aliphatic rings. The summed E-state index contributed by atoms with van der Waals surface area (Å²) >= 11 is 0. The number of aromatic hydroxyl groups is 1. The summed E-state index contributed by atoms with van der Waals surface area (Å²) in [4.78, 5) is 26.0. The van der Waals surface area contributed by atoms with Crippen molar-refractivity contribution in [2.45, 2.75) is 31.2 Å². The number of carbonyl (C=O) groups is 2. The van der Waals surface area contributed by atoms with Crippen LogP contribution >= 0.6 is 0 Å². The zero-order valence-corrected chi connectivity index (χ0v) is 16.7. The maximum absolute atomic E-state index is 12.7. The minimum Gasteiger partial charge on any atom is -0.508 e. The van der Waals surface area contributed by atoms with Gasteiger partial charge in [0.15, 0.2) is 0 Å². The first-order valence-corrected chi connectivity index (χ1v) is 9.94. The highest BCUT2D eigenvalue weighted by Gasteiger charge is 2.49. The number of phenols is 1. The van der Waals surface area contributed by atoms with E-state index >= 15 is 0 Å². The van der Waals surface area contributed by atoms with Gasteiger partial charge in [0.2, 0.25) is 0 Å². The summed E-state index contributed by atoms with van der Waals surface area (Å²) in [7, 11) is 2.13. The lowest BCUT2D eigenvalue weighted by Gasteiger charge is -2.54. The van der Waals surface area contributed by atoms with Crippen molar-refractivity contribution in [3.63, 3.8) is 0 Å². The Bertz CT molecular complexity index is 956. The number of hydrogen-bond donors (Lipinski definition) is 3. The maximum atomic E-state index is 12.7. The van der Waals surface area contributed by atoms with E-state index in [0.29, 0.717) is 18.2 Å². The Kier molecular flexibility index (Phi) is 4.82. The van der Waals surface area contributed by atoms with Crippen LogP contribution in [0.3, 0.4) is 0 Å². The van der Waals surface area contributed by atoms with Gasteiger partial charge >= 0.3 is 5.97 Å². The van der Waals surface area contributed by atoms with Crippen LogP contribution in [0.15, 0.2) is 42.5 Å². The Balaban J connectivity index is 1.56. The zero-order chi connectivity index (χ0) is 20.8. The summed E-state index contributed by atoms with van der Waals surface area (Å²) in [5.41, 5.74) is 2.95. The topological polar surface area (TPSA) is 89.9 Å². The molecule has 0 saturated carbocycles. The number of rotatable bonds is 4. The minimum absolute atomic E-state index is 0.121. The molecule has 4 rings (SSSR count). The van der Waals surface area contributed by atoms with Gasteiger partial charge in [0.1, 0.15) is 5.75 Å². The summed E-state index contributed by atoms with van der Waals surface area (Å²) in [5, 5.41) is 22.1. The number of nitrogens with one attached hydrogen (secondary N) is 1. The molecular formula is C23H26N2O4. The molecule has 6 heteroatoms. The van der Waals surface area contributed by atoms with E-state index < -0.39 is 5.97 Å². The number of carboxylic acid groups (broad SMARTS) is 1. The average Bonchev–Trinajstić information content (AvgIpc) is 2.70. The lowest BCUT2D eigenvalue weighted by molar-refractivity contribution is 0.0390. The Hall–Kier alpha value is -2.86. The van der Waals surface area contributed by atoms with E-state index in [9.17, 15) is 14.7 Å². The van der Waals surface area contributed by atoms with Crippen molar-refractivity contribution in [2.24, 2.45) is 5.92 Å². The largest absolute Gasteiger partial charge is 0.508 e. The number of hydrogen-bond acceptors (Lipinski definition) is 4. The van der Waals surface area contributed by atoms with Crippen LogP contribution in [0.1, 0.15) is 45.2 Å². The number of phenolic OH excluding ortho intramolecular Hbond substituents is 1. The van der Waals surface area contributed by atoms with E-state index in [1.165, 1.54) is 23.3 Å². The fraction of sp³-hybridized carbons (Fsp3) is 0.391. The fourth-order valence-corrected chi connectivity index (χ4v) is 5.05. The number of fused-ring (bicyclic) bond motifs is 4. The highest BCUT2D eigenvalue weighted by molar-refractivity contribution is 5.95. The van der Waals surface area contributed by atoms with E-state index in [-0.39, 0.29) is 28.6 Å². The third kappa shape index (κ3) is 3.38. The normalized spacial score (nSPS) is 25.9. The van der Waals surface area contributed by atoms with Gasteiger partial charge < -0.3 is 20.4 Å². The van der Waals surface area contributed by atoms with Crippen LogP contribution in [-0.4, -0.2) is 53.2 Å². The SMILES string of the molecule is CN1CC[C@]2(C)c3cc(O)ccc3C[C@@H]1[C@H]2CNC(=O)c1ccc(C(=O)O)cc1. The molecule has 2 bridgehead atoms. The van der Waals surface area contributed by atoms with Crippen LogP contribution in [0.25, 0.3) is 0 Å². The van der Waals surface area contributed by atoms with Gasteiger partial charge in [0.25, 0.3) is 5.91 Å². The predicted molar refractivity (Wildman–Crippen MR) is 109 cm³/mol. The molecule has 3 atom stereocenters. The molecular weight excluding hydrogens is 368 g/mol. The minimum atomic E-state index is -1.01. The molecule has 1 saturated heterocycles. The summed E-state index contributed by atoms with van der Waals surface area (Å²) in [6, 6.07) is 12.0. The Morgan fingerprint density at radius 3 is 2.55 bits per heavy atom. The smallest absolute Gasteiger partial charge is 0.335 e. The van der Waals surface area contributed by atoms with Crippen LogP contribution in [-0.2, 0) is 11.8 Å². The van der Waals surface area contributed by atoms with Gasteiger partial charge in [-0.15, -0.1) is 0 Å². The van der Waals surface area contributed by atoms with Crippen LogP contribution in [0.5, 0.6) is 5.75 Å². The van der Waals surface area contributed by atoms with Gasteiger partial charge in [-0.3, -0.25) is 4.79 Å². The van der Waals surface area contributed by atoms with Crippen LogP contribution < -0.4 is 5.32 Å². The van der Waals surface area contributed by atoms with Crippen LogP contribution in [0.2, 0.25) is 0 Å². The molecule has 29 heavy (non-hydrogen) atoms. The molecule has 1 aliphatic carbocycles. The van der Waals surface area contributed by atoms with Gasteiger partial charge in [-0.1, -0.05) is 13.0 Å². The van der Waals surface area contributed by atoms with E-state index in [1.807, 2.05) is 12.1 Å². The number of aromatic carboxylic acids is 1. The van der Waals surface area contributed by atoms with Crippen molar-refractivity contribution < 1.29 is 19.8 Å². The molecule has 1 fully saturated rings. The van der Waals surface area contributed by atoms with Crippen molar-refractivity contribution in [3.8, 4) is 5.75 Å². The number of nitrogens with zero attached hydrogens (tertiary/aromatic N) is 1. The number of amides is 1. The fourth-order valence-electron chi connectivity index (χ4n) is 5.05. The second-order valence-corrected chi connectivity index (χ2v) is 8.46. The Labute approximate surface area is 170 Å². The van der Waals surface area contributed by atoms with E-state index in [1.54, 1.807) is 18.2 Å². The molecule has 6 nitrogen and oxygen atoms in total. The molecule has 1 heterocycles. The van der Waals surface area contributed by atoms with E-state index in [2.05, 4.69) is 24.2 Å². The molecule has 0 aromatic heterocycles. The molecule has 1 aliphatic heterocycles. The molecule has 2 aromatic rings. The molecule has 0 unspecified atom stereocenters. The van der Waals surface area contributed by atoms with Gasteiger partial charge in [0, 0.05) is 29.5 Å². The van der Waals surface area contributed by atoms with Crippen molar-refractivity contribution in [1.82, 2.24) is 10.2 Å². The Morgan fingerprint density at radius 2 is 1.86 bits per heavy atom. The van der Waals surface area contributed by atoms with Crippen molar-refractivity contribution in [3.05, 3.63) is 64.7 Å². The standard InChI is InChI=1S/C23H26N2O4/c1-23-9-10-25(2)20(11-16-7-8-17(26)12-18(16)23)19(23)13-24-21(27)14-3-5-15(6-4-14)22(28)29/h3-8,12,19-20,26H,9-11,13H2,1-2H3,(H,24,27)(H,28,29)/t19-,20-,23-/m1/s1. The first kappa shape index (κ1) is 19.5. The van der Waals surface area contributed by atoms with Gasteiger partial charge in [-0.05, 0) is 74.0 Å². The third-order valence-corrected chi connectivity index (χ3v) is 6.85. The number of likely N-dealkylation sites (N-methyl/N-ethyl adjacent to an activating group) is 1. The van der Waals surface area contributed by atoms with Crippen LogP contribution in [0.4, 0.5) is 0 Å². The second-order valence-electron chi connectivity index (χ2n) is 8.46. The van der Waals surface area contributed by atoms with E-state index in [4.69, 9.17) is 5.11 Å². The zero-order valence-electron chi connectivity index (χ0n) is 16.7. The number of piperidine rings is 1. The highest BCUT2D eigenvalue weighted by atomic mass is 16.4. The van der Waals surface area contributed by atoms with Crippen molar-refractivity contribution in [1.29, 1.82) is 0 Å². The summed E-state index contributed by atoms with van der Waals surface area (Å²) in [6.45, 7) is 3.75. The number of benzene rings is 2. The van der Waals surface area contributed by atoms with Crippen molar-refractivity contribution >= 4 is 11.9 Å². The van der Waals surface area contributed by atoms with Crippen molar-refractivity contribution in [2.75, 3.05) is 20.1 Å². The molecule has 2 aromatic carbocycles. The lowest BCUT2D eigenvalue weighted by atomic mass is 9.58. The molecule has 1 amide bonds. The number of carbonyl (C=O) groups excluding carboxylic acids is 1. The molecule has 0 spiro atoms. The summed E-state index contributed by atoms with van der Waals surface area (Å²) < 4.78 is 0. The first-order valence-electron chi connectivity index (χ1n) is 9.94. The molecule has 152 valence electrons. The molecule has 3 N–H and O–H groups in total. The summed E-state index contributed by atoms with van der Waals surface area (Å²) in [6.07, 6.45) is 1.86. The number of carboxylic acids is 1. The quantitative estimate of drug-likeness (QED) is 0.742. The predicted octanol–water partition coefficient (Wildman–Crippen LogP) is 2.65. The maximum Gasteiger partial charge on any atom is 0.335 e. The highest BCUT2D eigenvalue weighted by Crippen LogP contribution is 2.48. The first-order chi connectivity index (χ1) is 13.8. The van der Waals surface area contributed by atoms with Gasteiger partial charge in [0.05, 0.1) is 5.56 Å². The Morgan fingerprint density at radius 1 is 1.17 bits per heavy atom. The lowest BCUT2D eigenvalue weighted by Crippen LogP contribution is -2.60. The number of likely N-dealkylation sites (tertiary alicyclic amines) is 1. The monoisotopic (exact) mass is 394 g/mol. The van der Waals surface area contributed by atoms with E-state index in [0.717, 1.165) is 19.4 Å². The molecule has 0 radical (unpaired) electrons. The van der Waals surface area contributed by atoms with Crippen LogP contribution in [0, 0.1) is 5.92 Å². The summed E-state index contributed by atoms with van der Waals surface area (Å²) in [5.74, 6) is -0.709. The average molecular weight is 394 g/mol.